The van der Waals surface area contributed by atoms with E-state index in [2.05, 4.69) is 20.6 Å². The number of hydrogen-bond donors (Lipinski definition) is 5. The first kappa shape index (κ1) is 26.3. The van der Waals surface area contributed by atoms with Crippen LogP contribution in [0.25, 0.3) is 21.3 Å². The Labute approximate surface area is 224 Å². The van der Waals surface area contributed by atoms with Crippen molar-refractivity contribution >= 4 is 62.1 Å². The van der Waals surface area contributed by atoms with E-state index in [9.17, 15) is 4.79 Å². The summed E-state index contributed by atoms with van der Waals surface area (Å²) in [5.74, 6) is 0.896. The van der Waals surface area contributed by atoms with Crippen LogP contribution in [-0.4, -0.2) is 21.7 Å². The number of aryl methyl sites for hydroxylation is 1. The number of rotatable bonds is 6. The highest BCUT2D eigenvalue weighted by molar-refractivity contribution is 7.17. The Kier molecular flexibility index (Phi) is 7.58. The number of carbonyl (C=O) groups is 1. The largest absolute Gasteiger partial charge is 0.383 e. The average Bonchev–Trinajstić information content (AvgIpc) is 3.25. The number of nitrogens with one attached hydrogen (secondary N) is 3. The first-order valence-corrected chi connectivity index (χ1v) is 12.8. The summed E-state index contributed by atoms with van der Waals surface area (Å²) >= 11 is 8.07. The molecule has 10 heteroatoms. The summed E-state index contributed by atoms with van der Waals surface area (Å²) in [6, 6.07) is 12.8. The molecule has 0 saturated carbocycles. The van der Waals surface area contributed by atoms with Gasteiger partial charge in [0.25, 0.3) is 0 Å². The van der Waals surface area contributed by atoms with Crippen LogP contribution < -0.4 is 21.7 Å². The van der Waals surface area contributed by atoms with E-state index < -0.39 is 6.03 Å². The molecule has 37 heavy (non-hydrogen) atoms. The zero-order chi connectivity index (χ0) is 26.7. The molecule has 2 aromatic heterocycles. The summed E-state index contributed by atoms with van der Waals surface area (Å²) in [6.07, 6.45) is 3.11. The molecule has 0 bridgehead atoms. The Morgan fingerprint density at radius 1 is 1.14 bits per heavy atom. The minimum absolute atomic E-state index is 0.367. The Hall–Kier alpha value is -3.79. The van der Waals surface area contributed by atoms with Crippen LogP contribution in [0.15, 0.2) is 66.1 Å². The third kappa shape index (κ3) is 6.32. The summed E-state index contributed by atoms with van der Waals surface area (Å²) in [7, 11) is 0. The van der Waals surface area contributed by atoms with E-state index in [4.69, 9.17) is 22.7 Å². The Balaban J connectivity index is 1.53. The predicted molar refractivity (Wildman–Crippen MR) is 152 cm³/mol. The van der Waals surface area contributed by atoms with Crippen molar-refractivity contribution in [1.29, 1.82) is 5.41 Å². The van der Waals surface area contributed by atoms with Gasteiger partial charge in [-0.05, 0) is 31.2 Å². The third-order valence-corrected chi connectivity index (χ3v) is 6.88. The molecule has 0 radical (unpaired) electrons. The van der Waals surface area contributed by atoms with E-state index in [1.807, 2.05) is 68.7 Å². The molecule has 190 valence electrons. The van der Waals surface area contributed by atoms with Gasteiger partial charge in [0.05, 0.1) is 10.4 Å². The van der Waals surface area contributed by atoms with E-state index in [-0.39, 0.29) is 5.41 Å². The summed E-state index contributed by atoms with van der Waals surface area (Å²) in [5, 5.41) is 19.1. The molecule has 2 aromatic carbocycles. The fraction of sp³-hybridized carbons (Fsp3) is 0.185. The normalized spacial score (nSPS) is 12.0. The minimum atomic E-state index is -0.446. The maximum Gasteiger partial charge on any atom is 0.327 e. The molecule has 0 aliphatic carbocycles. The molecule has 0 spiro atoms. The van der Waals surface area contributed by atoms with Crippen LogP contribution in [0.3, 0.4) is 0 Å². The number of benzene rings is 2. The number of carbonyl (C=O) groups excluding carboxylic acids is 1. The number of anilines is 2. The van der Waals surface area contributed by atoms with Gasteiger partial charge in [-0.25, -0.2) is 14.8 Å². The van der Waals surface area contributed by atoms with Gasteiger partial charge < -0.3 is 16.5 Å². The van der Waals surface area contributed by atoms with Crippen molar-refractivity contribution in [3.63, 3.8) is 0 Å². The average molecular weight is 535 g/mol. The van der Waals surface area contributed by atoms with Crippen molar-refractivity contribution in [2.75, 3.05) is 11.1 Å². The number of thiophene rings is 1. The first-order chi connectivity index (χ1) is 17.5. The lowest BCUT2D eigenvalue weighted by Gasteiger charge is -2.18. The summed E-state index contributed by atoms with van der Waals surface area (Å²) in [4.78, 5) is 22.1. The highest BCUT2D eigenvalue weighted by atomic mass is 35.5. The van der Waals surface area contributed by atoms with Gasteiger partial charge >= 0.3 is 6.03 Å². The lowest BCUT2D eigenvalue weighted by Crippen LogP contribution is -2.79. The van der Waals surface area contributed by atoms with Crippen LogP contribution in [0.4, 0.5) is 22.0 Å². The van der Waals surface area contributed by atoms with Gasteiger partial charge in [-0.1, -0.05) is 56.1 Å². The van der Waals surface area contributed by atoms with Crippen molar-refractivity contribution in [1.82, 2.24) is 15.3 Å². The van der Waals surface area contributed by atoms with E-state index in [0.717, 1.165) is 32.6 Å². The molecule has 0 atom stereocenters. The number of allylic oxidation sites excluding steroid dienone is 1. The molecule has 7 N–H and O–H groups in total. The van der Waals surface area contributed by atoms with E-state index >= 15 is 0 Å². The van der Waals surface area contributed by atoms with Gasteiger partial charge in [0.1, 0.15) is 22.7 Å². The number of aromatic nitrogens is 2. The number of nitrogens with zero attached hydrogens (tertiary/aromatic N) is 2. The molecule has 0 fully saturated rings. The lowest BCUT2D eigenvalue weighted by atomic mass is 9.90. The fourth-order valence-corrected chi connectivity index (χ4v) is 4.73. The van der Waals surface area contributed by atoms with Gasteiger partial charge in [0, 0.05) is 39.4 Å². The second kappa shape index (κ2) is 10.7. The topological polar surface area (TPSA) is 133 Å². The molecular formula is C27H29ClN7OS+. The first-order valence-electron chi connectivity index (χ1n) is 11.6. The maximum absolute atomic E-state index is 12.9. The SMILES string of the molecule is Cc1ccc([NH2+]/C(=C\C(=N)C(C)(C)C)NC(=O)Nc2ccc(-c3csc4ncnc(N)c34)c(Cl)c2)cc1. The highest BCUT2D eigenvalue weighted by Gasteiger charge is 2.19. The van der Waals surface area contributed by atoms with Crippen LogP contribution in [0.1, 0.15) is 26.3 Å². The zero-order valence-electron chi connectivity index (χ0n) is 21.0. The fourth-order valence-electron chi connectivity index (χ4n) is 3.53. The predicted octanol–water partition coefficient (Wildman–Crippen LogP) is 5.83. The molecule has 0 aliphatic heterocycles. The molecule has 0 saturated heterocycles. The molecule has 4 rings (SSSR count). The monoisotopic (exact) mass is 534 g/mol. The molecule has 2 heterocycles. The van der Waals surface area contributed by atoms with Gasteiger partial charge in [0.15, 0.2) is 0 Å². The van der Waals surface area contributed by atoms with Gasteiger partial charge in [0.2, 0.25) is 5.82 Å². The second-order valence-electron chi connectivity index (χ2n) is 9.68. The van der Waals surface area contributed by atoms with Crippen LogP contribution in [0.5, 0.6) is 0 Å². The summed E-state index contributed by atoms with van der Waals surface area (Å²) < 4.78 is 0. The van der Waals surface area contributed by atoms with E-state index in [1.165, 1.54) is 17.7 Å². The van der Waals surface area contributed by atoms with Gasteiger partial charge in [-0.2, -0.15) is 0 Å². The smallest absolute Gasteiger partial charge is 0.327 e. The van der Waals surface area contributed by atoms with Crippen LogP contribution in [-0.2, 0) is 0 Å². The number of nitrogens with two attached hydrogens (primary N) is 2. The highest BCUT2D eigenvalue weighted by Crippen LogP contribution is 2.39. The Bertz CT molecular complexity index is 1500. The van der Waals surface area contributed by atoms with Gasteiger partial charge in [-0.15, -0.1) is 11.3 Å². The van der Waals surface area contributed by atoms with E-state index in [1.54, 1.807) is 18.2 Å². The lowest BCUT2D eigenvalue weighted by molar-refractivity contribution is -0.522. The van der Waals surface area contributed by atoms with Crippen LogP contribution >= 0.6 is 22.9 Å². The van der Waals surface area contributed by atoms with Gasteiger partial charge in [-0.3, -0.25) is 10.6 Å². The van der Waals surface area contributed by atoms with Crippen LogP contribution in [0, 0.1) is 17.7 Å². The van der Waals surface area contributed by atoms with Crippen molar-refractivity contribution in [2.24, 2.45) is 5.41 Å². The molecular weight excluding hydrogens is 506 g/mol. The molecule has 4 aromatic rings. The molecule has 0 unspecified atom stereocenters. The van der Waals surface area contributed by atoms with Crippen molar-refractivity contribution in [3.8, 4) is 11.1 Å². The standard InChI is InChI=1S/C27H28ClN7OS/c1-15-5-7-16(8-6-15)33-22(12-21(29)27(2,3)4)35-26(36)34-17-9-10-18(20(28)11-17)19-13-37-25-23(19)24(30)31-14-32-25/h5-14,29,33H,1-4H3,(H2,30,31,32)(H2,34,35,36)/p+1/b22-12+,29-21?. The number of halogens is 1. The number of hydrogen-bond acceptors (Lipinski definition) is 6. The number of fused-ring (bicyclic) bond motifs is 1. The second-order valence-corrected chi connectivity index (χ2v) is 10.9. The number of urea groups is 1. The molecule has 0 aliphatic rings. The summed E-state index contributed by atoms with van der Waals surface area (Å²) in [5.41, 5.74) is 10.3. The quantitative estimate of drug-likeness (QED) is 0.157. The zero-order valence-corrected chi connectivity index (χ0v) is 22.6. The van der Waals surface area contributed by atoms with E-state index in [0.29, 0.717) is 28.1 Å². The maximum atomic E-state index is 12.9. The summed E-state index contributed by atoms with van der Waals surface area (Å²) in [6.45, 7) is 7.88. The number of quaternary nitrogens is 1. The Morgan fingerprint density at radius 3 is 2.54 bits per heavy atom. The van der Waals surface area contributed by atoms with Crippen LogP contribution in [0.2, 0.25) is 5.02 Å². The van der Waals surface area contributed by atoms with Crippen molar-refractivity contribution in [3.05, 3.63) is 76.7 Å². The van der Waals surface area contributed by atoms with Crippen molar-refractivity contribution in [2.45, 2.75) is 27.7 Å². The van der Waals surface area contributed by atoms with Crippen molar-refractivity contribution < 1.29 is 10.1 Å². The number of amides is 2. The minimum Gasteiger partial charge on any atom is -0.383 e. The third-order valence-electron chi connectivity index (χ3n) is 5.68. The molecule has 2 amide bonds. The number of nitrogen functional groups attached to an aromatic ring is 1. The molecule has 8 nitrogen and oxygen atoms in total. The Morgan fingerprint density at radius 2 is 1.86 bits per heavy atom.